The van der Waals surface area contributed by atoms with Gasteiger partial charge in [-0.2, -0.15) is 5.26 Å². The molecule has 9 nitrogen and oxygen atoms in total. The molecule has 0 heterocycles. The molecule has 2 aromatic carbocycles. The molecule has 0 spiro atoms. The third kappa shape index (κ3) is 6.04. The van der Waals surface area contributed by atoms with Crippen LogP contribution in [0.4, 0.5) is 11.4 Å². The summed E-state index contributed by atoms with van der Waals surface area (Å²) in [7, 11) is 0. The van der Waals surface area contributed by atoms with Gasteiger partial charge in [-0.15, -0.1) is 0 Å². The van der Waals surface area contributed by atoms with Crippen LogP contribution in [0.15, 0.2) is 48.5 Å². The van der Waals surface area contributed by atoms with E-state index in [-0.39, 0.29) is 22.9 Å². The summed E-state index contributed by atoms with van der Waals surface area (Å²) in [6, 6.07) is 15.3. The Morgan fingerprint density at radius 3 is 2.41 bits per heavy atom. The molecule has 168 valence electrons. The van der Waals surface area contributed by atoms with Gasteiger partial charge in [0.1, 0.15) is 11.2 Å². The van der Waals surface area contributed by atoms with E-state index in [0.717, 1.165) is 11.6 Å². The van der Waals surface area contributed by atoms with E-state index in [4.69, 9.17) is 4.74 Å². The largest absolute Gasteiger partial charge is 0.449 e. The molecule has 32 heavy (non-hydrogen) atoms. The lowest BCUT2D eigenvalue weighted by molar-refractivity contribution is -0.384. The van der Waals surface area contributed by atoms with E-state index in [1.807, 2.05) is 36.4 Å². The van der Waals surface area contributed by atoms with Crippen LogP contribution in [-0.2, 0) is 16.1 Å². The molecule has 0 aromatic heterocycles. The number of ether oxygens (including phenoxy) is 1. The highest BCUT2D eigenvalue weighted by molar-refractivity contribution is 5.93. The van der Waals surface area contributed by atoms with Crippen LogP contribution in [0.25, 0.3) is 0 Å². The highest BCUT2D eigenvalue weighted by Crippen LogP contribution is 2.27. The summed E-state index contributed by atoms with van der Waals surface area (Å²) < 4.78 is 5.17. The summed E-state index contributed by atoms with van der Waals surface area (Å²) in [5, 5.41) is 26.4. The predicted molar refractivity (Wildman–Crippen MR) is 119 cm³/mol. The number of nitro benzene ring substituents is 1. The van der Waals surface area contributed by atoms with Crippen molar-refractivity contribution in [3.05, 3.63) is 69.8 Å². The number of anilines is 1. The molecule has 9 heteroatoms. The van der Waals surface area contributed by atoms with Gasteiger partial charge in [0.25, 0.3) is 11.6 Å². The normalized spacial score (nSPS) is 13.4. The van der Waals surface area contributed by atoms with E-state index in [2.05, 4.69) is 10.6 Å². The van der Waals surface area contributed by atoms with Crippen molar-refractivity contribution in [3.8, 4) is 6.07 Å². The van der Waals surface area contributed by atoms with Crippen LogP contribution >= 0.6 is 0 Å². The Kier molecular flexibility index (Phi) is 7.91. The number of carbonyl (C=O) groups is 2. The van der Waals surface area contributed by atoms with E-state index in [1.54, 1.807) is 20.8 Å². The van der Waals surface area contributed by atoms with Gasteiger partial charge in [0, 0.05) is 12.6 Å². The minimum Gasteiger partial charge on any atom is -0.449 e. The first kappa shape index (κ1) is 24.3. The first-order valence-corrected chi connectivity index (χ1v) is 10.1. The summed E-state index contributed by atoms with van der Waals surface area (Å²) in [5.74, 6) is -1.68. The van der Waals surface area contributed by atoms with E-state index >= 15 is 0 Å². The van der Waals surface area contributed by atoms with Crippen LogP contribution in [0.1, 0.15) is 43.6 Å². The fourth-order valence-electron chi connectivity index (χ4n) is 2.69. The van der Waals surface area contributed by atoms with Crippen molar-refractivity contribution in [1.82, 2.24) is 5.32 Å². The summed E-state index contributed by atoms with van der Waals surface area (Å²) in [4.78, 5) is 35.8. The van der Waals surface area contributed by atoms with Crippen molar-refractivity contribution in [2.75, 3.05) is 5.32 Å². The van der Waals surface area contributed by atoms with Crippen LogP contribution in [0.5, 0.6) is 0 Å². The molecule has 0 fully saturated rings. The molecule has 2 N–H and O–H groups in total. The van der Waals surface area contributed by atoms with Crippen molar-refractivity contribution < 1.29 is 19.2 Å². The Bertz CT molecular complexity index is 1030. The zero-order valence-corrected chi connectivity index (χ0v) is 18.4. The molecule has 0 saturated heterocycles. The van der Waals surface area contributed by atoms with Crippen LogP contribution in [0, 0.1) is 27.4 Å². The Labute approximate surface area is 186 Å². The SMILES string of the molecule is CC(C)[C@@](C)(C#N)NC(=O)[C@H](C)OC(=O)c1ccc(NCc2ccccc2)c([N+](=O)[O-])c1. The highest BCUT2D eigenvalue weighted by atomic mass is 16.6. The van der Waals surface area contributed by atoms with Gasteiger partial charge in [-0.05, 0) is 37.5 Å². The predicted octanol–water partition coefficient (Wildman–Crippen LogP) is 3.81. The topological polar surface area (TPSA) is 134 Å². The van der Waals surface area contributed by atoms with E-state index in [1.165, 1.54) is 19.1 Å². The number of nitrogens with zero attached hydrogens (tertiary/aromatic N) is 2. The molecule has 0 radical (unpaired) electrons. The number of esters is 1. The molecule has 2 atom stereocenters. The lowest BCUT2D eigenvalue weighted by atomic mass is 9.90. The number of hydrogen-bond donors (Lipinski definition) is 2. The van der Waals surface area contributed by atoms with E-state index < -0.39 is 28.4 Å². The van der Waals surface area contributed by atoms with E-state index in [0.29, 0.717) is 6.54 Å². The maximum Gasteiger partial charge on any atom is 0.339 e. The number of rotatable bonds is 9. The fraction of sp³-hybridized carbons (Fsp3) is 0.348. The molecule has 1 amide bonds. The van der Waals surface area contributed by atoms with Crippen molar-refractivity contribution in [3.63, 3.8) is 0 Å². The van der Waals surface area contributed by atoms with Crippen molar-refractivity contribution in [2.24, 2.45) is 5.92 Å². The van der Waals surface area contributed by atoms with Crippen LogP contribution in [0.3, 0.4) is 0 Å². The minimum absolute atomic E-state index is 0.0616. The molecule has 2 rings (SSSR count). The monoisotopic (exact) mass is 438 g/mol. The van der Waals surface area contributed by atoms with Crippen molar-refractivity contribution in [2.45, 2.75) is 45.9 Å². The van der Waals surface area contributed by atoms with Gasteiger partial charge >= 0.3 is 5.97 Å². The Hall–Kier alpha value is -3.93. The van der Waals surface area contributed by atoms with Gasteiger partial charge in [0.2, 0.25) is 0 Å². The van der Waals surface area contributed by atoms with E-state index in [9.17, 15) is 25.0 Å². The molecule has 0 bridgehead atoms. The van der Waals surface area contributed by atoms with Crippen LogP contribution in [-0.4, -0.2) is 28.4 Å². The Morgan fingerprint density at radius 2 is 1.84 bits per heavy atom. The lowest BCUT2D eigenvalue weighted by Gasteiger charge is -2.28. The van der Waals surface area contributed by atoms with Crippen molar-refractivity contribution >= 4 is 23.3 Å². The van der Waals surface area contributed by atoms with Gasteiger partial charge in [-0.25, -0.2) is 4.79 Å². The summed E-state index contributed by atoms with van der Waals surface area (Å²) in [6.07, 6.45) is -1.19. The minimum atomic E-state index is -1.19. The Morgan fingerprint density at radius 1 is 1.19 bits per heavy atom. The summed E-state index contributed by atoms with van der Waals surface area (Å²) >= 11 is 0. The third-order valence-electron chi connectivity index (χ3n) is 5.18. The molecule has 2 aromatic rings. The number of hydrogen-bond acceptors (Lipinski definition) is 7. The van der Waals surface area contributed by atoms with Gasteiger partial charge in [0.15, 0.2) is 6.10 Å². The maximum absolute atomic E-state index is 12.5. The van der Waals surface area contributed by atoms with Crippen molar-refractivity contribution in [1.29, 1.82) is 5.26 Å². The molecule has 0 aliphatic heterocycles. The zero-order valence-electron chi connectivity index (χ0n) is 18.4. The summed E-state index contributed by atoms with van der Waals surface area (Å²) in [6.45, 7) is 6.89. The number of carbonyl (C=O) groups excluding carboxylic acids is 2. The molecule has 0 aliphatic rings. The average molecular weight is 438 g/mol. The summed E-state index contributed by atoms with van der Waals surface area (Å²) in [5.41, 5.74) is -0.278. The first-order valence-electron chi connectivity index (χ1n) is 10.1. The second-order valence-electron chi connectivity index (χ2n) is 7.83. The molecule has 0 saturated carbocycles. The first-order chi connectivity index (χ1) is 15.1. The standard InChI is InChI=1S/C23H26N4O5/c1-15(2)23(4,14-24)26-21(28)16(3)32-22(29)18-10-11-19(20(12-18)27(30)31)25-13-17-8-6-5-7-9-17/h5-12,15-16,25H,13H2,1-4H3,(H,26,28)/t16-,23+/m0/s1. The molecular formula is C23H26N4O5. The smallest absolute Gasteiger partial charge is 0.339 e. The van der Waals surface area contributed by atoms with Crippen LogP contribution in [0.2, 0.25) is 0 Å². The number of nitrogens with one attached hydrogen (secondary N) is 2. The fourth-order valence-corrected chi connectivity index (χ4v) is 2.69. The maximum atomic E-state index is 12.5. The molecule has 0 unspecified atom stereocenters. The number of benzene rings is 2. The zero-order chi connectivity index (χ0) is 23.9. The van der Waals surface area contributed by atoms with Gasteiger partial charge in [-0.3, -0.25) is 14.9 Å². The van der Waals surface area contributed by atoms with Gasteiger partial charge in [0.05, 0.1) is 16.6 Å². The lowest BCUT2D eigenvalue weighted by Crippen LogP contribution is -2.52. The quantitative estimate of drug-likeness (QED) is 0.345. The van der Waals surface area contributed by atoms with Gasteiger partial charge < -0.3 is 15.4 Å². The number of nitro groups is 1. The second kappa shape index (κ2) is 10.4. The van der Waals surface area contributed by atoms with Gasteiger partial charge in [-0.1, -0.05) is 44.2 Å². The third-order valence-corrected chi connectivity index (χ3v) is 5.18. The highest BCUT2D eigenvalue weighted by Gasteiger charge is 2.33. The van der Waals surface area contributed by atoms with Crippen LogP contribution < -0.4 is 10.6 Å². The molecular weight excluding hydrogens is 412 g/mol. The number of nitriles is 1. The second-order valence-corrected chi connectivity index (χ2v) is 7.83. The Balaban J connectivity index is 2.11. The number of amides is 1. The average Bonchev–Trinajstić information content (AvgIpc) is 2.77. The molecule has 0 aliphatic carbocycles.